The Morgan fingerprint density at radius 1 is 1.38 bits per heavy atom. The first-order valence-electron chi connectivity index (χ1n) is 7.73. The lowest BCUT2D eigenvalue weighted by Gasteiger charge is -2.36. The number of nitro groups is 1. The Balaban J connectivity index is 1.91. The van der Waals surface area contributed by atoms with Crippen molar-refractivity contribution >= 4 is 23.5 Å². The third-order valence-electron chi connectivity index (χ3n) is 3.51. The van der Waals surface area contributed by atoms with Crippen molar-refractivity contribution in [3.05, 3.63) is 34.4 Å². The second-order valence-corrected chi connectivity index (χ2v) is 8.00. The summed E-state index contributed by atoms with van der Waals surface area (Å²) < 4.78 is 5.32. The van der Waals surface area contributed by atoms with Crippen LogP contribution in [0.25, 0.3) is 0 Å². The summed E-state index contributed by atoms with van der Waals surface area (Å²) in [4.78, 5) is 24.6. The van der Waals surface area contributed by atoms with Crippen molar-refractivity contribution in [2.75, 3.05) is 13.1 Å². The molecule has 1 heterocycles. The van der Waals surface area contributed by atoms with Crippen LogP contribution in [0.5, 0.6) is 0 Å². The van der Waals surface area contributed by atoms with Gasteiger partial charge in [0.1, 0.15) is 5.60 Å². The highest BCUT2D eigenvalue weighted by Gasteiger charge is 2.33. The summed E-state index contributed by atoms with van der Waals surface area (Å²) in [6.07, 6.45) is -0.464. The molecule has 2 atom stereocenters. The summed E-state index contributed by atoms with van der Waals surface area (Å²) in [7, 11) is 0. The zero-order chi connectivity index (χ0) is 17.9. The van der Waals surface area contributed by atoms with Gasteiger partial charge in [-0.2, -0.15) is 0 Å². The molecule has 1 fully saturated rings. The lowest BCUT2D eigenvalue weighted by atomic mass is 10.1. The number of carbonyl (C=O) groups is 1. The first kappa shape index (κ1) is 18.5. The molecular weight excluding hydrogens is 332 g/mol. The molecule has 0 saturated carbocycles. The van der Waals surface area contributed by atoms with Crippen LogP contribution < -0.4 is 0 Å². The van der Waals surface area contributed by atoms with Crippen LogP contribution in [0, 0.1) is 10.1 Å². The number of hydrogen-bond donors (Lipinski definition) is 1. The smallest absolute Gasteiger partial charge is 0.410 e. The minimum Gasteiger partial charge on any atom is -0.444 e. The first-order valence-corrected chi connectivity index (χ1v) is 8.61. The number of benzene rings is 1. The van der Waals surface area contributed by atoms with E-state index < -0.39 is 22.7 Å². The summed E-state index contributed by atoms with van der Waals surface area (Å²) in [6.45, 7) is 6.14. The van der Waals surface area contributed by atoms with Crippen molar-refractivity contribution in [2.45, 2.75) is 49.0 Å². The zero-order valence-electron chi connectivity index (χ0n) is 14.0. The summed E-state index contributed by atoms with van der Waals surface area (Å²) in [5, 5.41) is 20.9. The highest BCUT2D eigenvalue weighted by molar-refractivity contribution is 8.00. The van der Waals surface area contributed by atoms with Crippen LogP contribution in [0.4, 0.5) is 10.5 Å². The number of rotatable bonds is 3. The highest BCUT2D eigenvalue weighted by Crippen LogP contribution is 2.32. The number of aliphatic hydroxyl groups excluding tert-OH is 1. The van der Waals surface area contributed by atoms with Crippen molar-refractivity contribution in [1.82, 2.24) is 4.90 Å². The minimum atomic E-state index is -0.675. The van der Waals surface area contributed by atoms with Gasteiger partial charge < -0.3 is 14.7 Å². The number of aliphatic hydroxyl groups is 1. The first-order chi connectivity index (χ1) is 11.2. The summed E-state index contributed by atoms with van der Waals surface area (Å²) >= 11 is 1.47. The fraction of sp³-hybridized carbons (Fsp3) is 0.562. The maximum Gasteiger partial charge on any atom is 0.410 e. The molecule has 7 nitrogen and oxygen atoms in total. The fourth-order valence-electron chi connectivity index (χ4n) is 2.36. The second-order valence-electron chi connectivity index (χ2n) is 6.69. The second kappa shape index (κ2) is 7.40. The Morgan fingerprint density at radius 2 is 2.00 bits per heavy atom. The molecule has 0 aliphatic carbocycles. The molecule has 1 aromatic carbocycles. The SMILES string of the molecule is CC(C)(C)OC(=O)N1CC[C@@H](Sc2ccc([N+](=O)[O-])cc2)[C@H](O)C1. The van der Waals surface area contributed by atoms with Gasteiger partial charge in [-0.3, -0.25) is 10.1 Å². The van der Waals surface area contributed by atoms with E-state index in [9.17, 15) is 20.0 Å². The van der Waals surface area contributed by atoms with E-state index in [0.717, 1.165) is 4.90 Å². The molecule has 24 heavy (non-hydrogen) atoms. The van der Waals surface area contributed by atoms with Gasteiger partial charge in [0.25, 0.3) is 5.69 Å². The summed E-state index contributed by atoms with van der Waals surface area (Å²) in [6, 6.07) is 6.25. The van der Waals surface area contributed by atoms with Crippen molar-refractivity contribution < 1.29 is 19.6 Å². The van der Waals surface area contributed by atoms with Gasteiger partial charge in [0.2, 0.25) is 0 Å². The summed E-state index contributed by atoms with van der Waals surface area (Å²) in [5.74, 6) is 0. The number of nitrogens with zero attached hydrogens (tertiary/aromatic N) is 2. The predicted molar refractivity (Wildman–Crippen MR) is 91.2 cm³/mol. The van der Waals surface area contributed by atoms with Gasteiger partial charge in [0, 0.05) is 28.8 Å². The van der Waals surface area contributed by atoms with E-state index in [-0.39, 0.29) is 17.5 Å². The molecule has 1 aromatic rings. The van der Waals surface area contributed by atoms with Crippen molar-refractivity contribution in [1.29, 1.82) is 0 Å². The number of likely N-dealkylation sites (tertiary alicyclic amines) is 1. The van der Waals surface area contributed by atoms with Gasteiger partial charge in [-0.15, -0.1) is 11.8 Å². The third-order valence-corrected chi connectivity index (χ3v) is 4.90. The number of β-amino-alcohol motifs (C(OH)–C–C–N with tert-alkyl or cyclic N) is 1. The quantitative estimate of drug-likeness (QED) is 0.662. The number of hydrogen-bond acceptors (Lipinski definition) is 6. The van der Waals surface area contributed by atoms with E-state index in [4.69, 9.17) is 4.74 Å². The number of thioether (sulfide) groups is 1. The van der Waals surface area contributed by atoms with Crippen LogP contribution in [0.3, 0.4) is 0 Å². The van der Waals surface area contributed by atoms with Gasteiger partial charge in [-0.25, -0.2) is 4.79 Å². The highest BCUT2D eigenvalue weighted by atomic mass is 32.2. The van der Waals surface area contributed by atoms with Crippen LogP contribution >= 0.6 is 11.8 Å². The molecule has 0 radical (unpaired) electrons. The predicted octanol–water partition coefficient (Wildman–Crippen LogP) is 3.06. The molecule has 0 aromatic heterocycles. The standard InChI is InChI=1S/C16H22N2O5S/c1-16(2,3)23-15(20)17-9-8-14(13(19)10-17)24-12-6-4-11(5-7-12)18(21)22/h4-7,13-14,19H,8-10H2,1-3H3/t13-,14-/m1/s1. The lowest BCUT2D eigenvalue weighted by Crippen LogP contribution is -2.49. The molecule has 8 heteroatoms. The van der Waals surface area contributed by atoms with E-state index in [0.29, 0.717) is 13.0 Å². The molecular formula is C16H22N2O5S. The molecule has 1 saturated heterocycles. The molecule has 2 rings (SSSR count). The molecule has 0 bridgehead atoms. The van der Waals surface area contributed by atoms with Crippen LogP contribution in [0.15, 0.2) is 29.2 Å². The Labute approximate surface area is 145 Å². The van der Waals surface area contributed by atoms with Gasteiger partial charge in [0.05, 0.1) is 17.6 Å². The molecule has 132 valence electrons. The number of piperidine rings is 1. The lowest BCUT2D eigenvalue weighted by molar-refractivity contribution is -0.384. The third kappa shape index (κ3) is 5.10. The van der Waals surface area contributed by atoms with Crippen LogP contribution in [0.2, 0.25) is 0 Å². The Morgan fingerprint density at radius 3 is 2.50 bits per heavy atom. The topological polar surface area (TPSA) is 92.9 Å². The largest absolute Gasteiger partial charge is 0.444 e. The zero-order valence-corrected chi connectivity index (χ0v) is 14.8. The van der Waals surface area contributed by atoms with E-state index in [1.54, 1.807) is 32.9 Å². The molecule has 1 aliphatic heterocycles. The van der Waals surface area contributed by atoms with Crippen LogP contribution in [-0.4, -0.2) is 51.1 Å². The summed E-state index contributed by atoms with van der Waals surface area (Å²) in [5.41, 5.74) is -0.522. The van der Waals surface area contributed by atoms with Crippen molar-refractivity contribution in [3.8, 4) is 0 Å². The number of carbonyl (C=O) groups excluding carboxylic acids is 1. The van der Waals surface area contributed by atoms with Gasteiger partial charge in [0.15, 0.2) is 0 Å². The van der Waals surface area contributed by atoms with Crippen molar-refractivity contribution in [2.24, 2.45) is 0 Å². The maximum atomic E-state index is 12.0. The van der Waals surface area contributed by atoms with Gasteiger partial charge in [-0.05, 0) is 39.3 Å². The van der Waals surface area contributed by atoms with Crippen LogP contribution in [0.1, 0.15) is 27.2 Å². The molecule has 0 unspecified atom stereocenters. The Kier molecular flexibility index (Phi) is 5.71. The monoisotopic (exact) mass is 354 g/mol. The number of non-ortho nitro benzene ring substituents is 1. The normalized spacial score (nSPS) is 21.4. The maximum absolute atomic E-state index is 12.0. The average Bonchev–Trinajstić information content (AvgIpc) is 2.48. The van der Waals surface area contributed by atoms with Crippen molar-refractivity contribution in [3.63, 3.8) is 0 Å². The molecule has 1 amide bonds. The molecule has 1 N–H and O–H groups in total. The van der Waals surface area contributed by atoms with E-state index in [2.05, 4.69) is 0 Å². The average molecular weight is 354 g/mol. The molecule has 0 spiro atoms. The Hall–Kier alpha value is -1.80. The van der Waals surface area contributed by atoms with Crippen LogP contribution in [-0.2, 0) is 4.74 Å². The van der Waals surface area contributed by atoms with E-state index in [1.807, 2.05) is 0 Å². The molecule has 1 aliphatic rings. The fourth-order valence-corrected chi connectivity index (χ4v) is 3.47. The Bertz CT molecular complexity index is 599. The number of nitro benzene ring substituents is 1. The van der Waals surface area contributed by atoms with Gasteiger partial charge >= 0.3 is 6.09 Å². The number of amides is 1. The van der Waals surface area contributed by atoms with E-state index >= 15 is 0 Å². The minimum absolute atomic E-state index is 0.0413. The van der Waals surface area contributed by atoms with Gasteiger partial charge in [-0.1, -0.05) is 0 Å². The number of ether oxygens (including phenoxy) is 1. The van der Waals surface area contributed by atoms with E-state index in [1.165, 1.54) is 28.8 Å².